The lowest BCUT2D eigenvalue weighted by Crippen LogP contribution is -2.13. The third-order valence-electron chi connectivity index (χ3n) is 3.29. The van der Waals surface area contributed by atoms with Crippen molar-refractivity contribution in [3.05, 3.63) is 35.9 Å². The summed E-state index contributed by atoms with van der Waals surface area (Å²) < 4.78 is 3.78. The van der Waals surface area contributed by atoms with Gasteiger partial charge in [-0.15, -0.1) is 0 Å². The van der Waals surface area contributed by atoms with Crippen LogP contribution < -0.4 is 5.73 Å². The molecule has 2 aromatic heterocycles. The molecule has 0 bridgehead atoms. The van der Waals surface area contributed by atoms with E-state index in [0.717, 1.165) is 24.1 Å². The fourth-order valence-corrected chi connectivity index (χ4v) is 1.89. The van der Waals surface area contributed by atoms with E-state index in [1.807, 2.05) is 36.4 Å². The van der Waals surface area contributed by atoms with Gasteiger partial charge in [0.1, 0.15) is 0 Å². The van der Waals surface area contributed by atoms with Gasteiger partial charge in [-0.3, -0.25) is 9.36 Å². The Morgan fingerprint density at radius 1 is 1.44 bits per heavy atom. The van der Waals surface area contributed by atoms with Gasteiger partial charge < -0.3 is 5.73 Å². The number of hydrogen-bond acceptors (Lipinski definition) is 3. The number of nitrogens with zero attached hydrogens (tertiary/aromatic N) is 4. The molecule has 2 aromatic rings. The van der Waals surface area contributed by atoms with Crippen LogP contribution in [0.25, 0.3) is 0 Å². The molecule has 98 valence electrons. The summed E-state index contributed by atoms with van der Waals surface area (Å²) >= 11 is 0. The van der Waals surface area contributed by atoms with Gasteiger partial charge >= 0.3 is 0 Å². The zero-order chi connectivity index (χ0) is 13.1. The fourth-order valence-electron chi connectivity index (χ4n) is 1.89. The second-order valence-electron chi connectivity index (χ2n) is 4.80. The Hall–Kier alpha value is -1.62. The number of rotatable bonds is 5. The molecule has 0 aliphatic heterocycles. The van der Waals surface area contributed by atoms with Crippen molar-refractivity contribution in [3.8, 4) is 0 Å². The molecule has 2 unspecified atom stereocenters. The van der Waals surface area contributed by atoms with E-state index in [1.165, 1.54) is 0 Å². The monoisotopic (exact) mass is 247 g/mol. The van der Waals surface area contributed by atoms with Crippen LogP contribution in [0.2, 0.25) is 0 Å². The highest BCUT2D eigenvalue weighted by Crippen LogP contribution is 2.15. The highest BCUT2D eigenvalue weighted by atomic mass is 15.3. The summed E-state index contributed by atoms with van der Waals surface area (Å²) in [7, 11) is 1.90. The van der Waals surface area contributed by atoms with Crippen LogP contribution in [0.1, 0.15) is 43.6 Å². The van der Waals surface area contributed by atoms with E-state index in [9.17, 15) is 0 Å². The van der Waals surface area contributed by atoms with E-state index in [0.29, 0.717) is 6.04 Å². The summed E-state index contributed by atoms with van der Waals surface area (Å²) in [6.45, 7) is 4.32. The quantitative estimate of drug-likeness (QED) is 0.876. The van der Waals surface area contributed by atoms with Gasteiger partial charge in [-0.1, -0.05) is 6.92 Å². The SMILES string of the molecule is CCC(C)n1ccc(CC(N)c2cnn(C)c2)n1. The average Bonchev–Trinajstić information content (AvgIpc) is 2.97. The molecule has 0 aliphatic rings. The van der Waals surface area contributed by atoms with Crippen molar-refractivity contribution in [1.29, 1.82) is 0 Å². The molecule has 5 heteroatoms. The Morgan fingerprint density at radius 2 is 2.22 bits per heavy atom. The van der Waals surface area contributed by atoms with Crippen LogP contribution in [0.5, 0.6) is 0 Å². The second kappa shape index (κ2) is 5.35. The van der Waals surface area contributed by atoms with Gasteiger partial charge in [0.15, 0.2) is 0 Å². The van der Waals surface area contributed by atoms with Crippen LogP contribution in [-0.4, -0.2) is 19.6 Å². The Morgan fingerprint density at radius 3 is 2.83 bits per heavy atom. The lowest BCUT2D eigenvalue weighted by molar-refractivity contribution is 0.472. The first-order valence-electron chi connectivity index (χ1n) is 6.38. The van der Waals surface area contributed by atoms with Crippen molar-refractivity contribution in [3.63, 3.8) is 0 Å². The molecule has 18 heavy (non-hydrogen) atoms. The topological polar surface area (TPSA) is 61.7 Å². The van der Waals surface area contributed by atoms with E-state index in [2.05, 4.69) is 24.0 Å². The molecule has 0 amide bonds. The van der Waals surface area contributed by atoms with Gasteiger partial charge in [-0.25, -0.2) is 0 Å². The van der Waals surface area contributed by atoms with E-state index in [4.69, 9.17) is 5.73 Å². The van der Waals surface area contributed by atoms with E-state index in [-0.39, 0.29) is 6.04 Å². The van der Waals surface area contributed by atoms with Gasteiger partial charge in [0, 0.05) is 43.5 Å². The third kappa shape index (κ3) is 2.79. The maximum absolute atomic E-state index is 6.16. The number of nitrogens with two attached hydrogens (primary N) is 1. The van der Waals surface area contributed by atoms with Gasteiger partial charge in [0.2, 0.25) is 0 Å². The normalized spacial score (nSPS) is 14.7. The predicted molar refractivity (Wildman–Crippen MR) is 71.1 cm³/mol. The molecule has 2 rings (SSSR count). The van der Waals surface area contributed by atoms with Crippen molar-refractivity contribution >= 4 is 0 Å². The van der Waals surface area contributed by atoms with Gasteiger partial charge in [-0.05, 0) is 19.4 Å². The average molecular weight is 247 g/mol. The number of hydrogen-bond donors (Lipinski definition) is 1. The highest BCUT2D eigenvalue weighted by Gasteiger charge is 2.12. The smallest absolute Gasteiger partial charge is 0.0643 e. The number of aromatic nitrogens is 4. The van der Waals surface area contributed by atoms with Crippen LogP contribution in [0.4, 0.5) is 0 Å². The minimum atomic E-state index is -0.0426. The largest absolute Gasteiger partial charge is 0.324 e. The molecule has 2 N–H and O–H groups in total. The van der Waals surface area contributed by atoms with Crippen LogP contribution >= 0.6 is 0 Å². The van der Waals surface area contributed by atoms with E-state index in [1.54, 1.807) is 4.68 Å². The first-order valence-corrected chi connectivity index (χ1v) is 6.38. The van der Waals surface area contributed by atoms with Gasteiger partial charge in [0.25, 0.3) is 0 Å². The molecule has 0 saturated carbocycles. The van der Waals surface area contributed by atoms with Crippen LogP contribution in [0.15, 0.2) is 24.7 Å². The molecule has 2 heterocycles. The predicted octanol–water partition coefficient (Wildman–Crippen LogP) is 1.83. The minimum absolute atomic E-state index is 0.0426. The van der Waals surface area contributed by atoms with Crippen LogP contribution in [-0.2, 0) is 13.5 Å². The molecule has 2 atom stereocenters. The second-order valence-corrected chi connectivity index (χ2v) is 4.80. The summed E-state index contributed by atoms with van der Waals surface area (Å²) in [6, 6.07) is 2.44. The molecule has 0 aromatic carbocycles. The summed E-state index contributed by atoms with van der Waals surface area (Å²) in [5.41, 5.74) is 8.24. The molecule has 0 spiro atoms. The van der Waals surface area contributed by atoms with Crippen molar-refractivity contribution < 1.29 is 0 Å². The maximum Gasteiger partial charge on any atom is 0.0643 e. The molecular formula is C13H21N5. The van der Waals surface area contributed by atoms with Crippen molar-refractivity contribution in [1.82, 2.24) is 19.6 Å². The molecule has 5 nitrogen and oxygen atoms in total. The van der Waals surface area contributed by atoms with E-state index >= 15 is 0 Å². The first kappa shape index (κ1) is 12.8. The highest BCUT2D eigenvalue weighted by molar-refractivity contribution is 5.13. The summed E-state index contributed by atoms with van der Waals surface area (Å²) in [5.74, 6) is 0. The number of aryl methyl sites for hydroxylation is 1. The third-order valence-corrected chi connectivity index (χ3v) is 3.29. The summed E-state index contributed by atoms with van der Waals surface area (Å²) in [4.78, 5) is 0. The molecule has 0 radical (unpaired) electrons. The minimum Gasteiger partial charge on any atom is -0.324 e. The lowest BCUT2D eigenvalue weighted by Gasteiger charge is -2.09. The van der Waals surface area contributed by atoms with Gasteiger partial charge in [0.05, 0.1) is 11.9 Å². The first-order chi connectivity index (χ1) is 8.60. The Kier molecular flexibility index (Phi) is 3.81. The molecular weight excluding hydrogens is 226 g/mol. The van der Waals surface area contributed by atoms with Crippen molar-refractivity contribution in [2.45, 2.75) is 38.8 Å². The molecule has 0 aliphatic carbocycles. The molecule has 0 fully saturated rings. The summed E-state index contributed by atoms with van der Waals surface area (Å²) in [6.07, 6.45) is 7.62. The van der Waals surface area contributed by atoms with Crippen molar-refractivity contribution in [2.24, 2.45) is 12.8 Å². The lowest BCUT2D eigenvalue weighted by atomic mass is 10.1. The standard InChI is InChI=1S/C13H21N5/c1-4-10(2)18-6-5-12(16-18)7-13(14)11-8-15-17(3)9-11/h5-6,8-10,13H,4,7,14H2,1-3H3. The zero-order valence-electron chi connectivity index (χ0n) is 11.2. The zero-order valence-corrected chi connectivity index (χ0v) is 11.2. The van der Waals surface area contributed by atoms with Crippen LogP contribution in [0.3, 0.4) is 0 Å². The van der Waals surface area contributed by atoms with Crippen molar-refractivity contribution in [2.75, 3.05) is 0 Å². The maximum atomic E-state index is 6.16. The Labute approximate surface area is 108 Å². The summed E-state index contributed by atoms with van der Waals surface area (Å²) in [5, 5.41) is 8.70. The van der Waals surface area contributed by atoms with Gasteiger partial charge in [-0.2, -0.15) is 10.2 Å². The Balaban J connectivity index is 2.03. The van der Waals surface area contributed by atoms with E-state index < -0.39 is 0 Å². The Bertz CT molecular complexity index is 499. The fraction of sp³-hybridized carbons (Fsp3) is 0.538. The molecule has 0 saturated heterocycles. The van der Waals surface area contributed by atoms with Crippen LogP contribution in [0, 0.1) is 0 Å².